The highest BCUT2D eigenvalue weighted by Gasteiger charge is 1.99. The number of nitrogens with zero attached hydrogens (tertiary/aromatic N) is 2. The van der Waals surface area contributed by atoms with Crippen LogP contribution in [0.4, 0.5) is 0 Å². The molecule has 12 heavy (non-hydrogen) atoms. The molecule has 0 aliphatic rings. The van der Waals surface area contributed by atoms with Crippen LogP contribution in [0.5, 0.6) is 0 Å². The van der Waals surface area contributed by atoms with E-state index in [9.17, 15) is 4.79 Å². The number of thioether (sulfide) groups is 1. The number of H-pyrrole nitrogens is 1. The van der Waals surface area contributed by atoms with Crippen LogP contribution in [0.15, 0.2) is 16.1 Å². The highest BCUT2D eigenvalue weighted by atomic mass is 32.2. The van der Waals surface area contributed by atoms with Crippen molar-refractivity contribution in [2.24, 2.45) is 5.92 Å². The van der Waals surface area contributed by atoms with Crippen LogP contribution in [0, 0.1) is 5.92 Å². The highest BCUT2D eigenvalue weighted by molar-refractivity contribution is 7.99. The average Bonchev–Trinajstić information content (AvgIpc) is 2.01. The zero-order chi connectivity index (χ0) is 8.97. The molecule has 0 bridgehead atoms. The van der Waals surface area contributed by atoms with Crippen LogP contribution in [0.1, 0.15) is 13.8 Å². The number of hydrogen-bond donors (Lipinski definition) is 1. The van der Waals surface area contributed by atoms with Crippen molar-refractivity contribution in [2.45, 2.75) is 19.0 Å². The van der Waals surface area contributed by atoms with Crippen LogP contribution in [-0.2, 0) is 0 Å². The fraction of sp³-hybridized carbons (Fsp3) is 0.571. The van der Waals surface area contributed by atoms with Gasteiger partial charge in [0.2, 0.25) is 0 Å². The third-order valence-electron chi connectivity index (χ3n) is 1.11. The summed E-state index contributed by atoms with van der Waals surface area (Å²) in [5.74, 6) is 1.52. The fourth-order valence-electron chi connectivity index (χ4n) is 0.607. The van der Waals surface area contributed by atoms with Gasteiger partial charge in [0.15, 0.2) is 5.16 Å². The van der Waals surface area contributed by atoms with E-state index in [2.05, 4.69) is 29.0 Å². The molecule has 0 amide bonds. The van der Waals surface area contributed by atoms with E-state index in [-0.39, 0.29) is 5.56 Å². The monoisotopic (exact) mass is 185 g/mol. The van der Waals surface area contributed by atoms with Gasteiger partial charge >= 0.3 is 0 Å². The first-order chi connectivity index (χ1) is 5.68. The highest BCUT2D eigenvalue weighted by Crippen LogP contribution is 2.13. The normalized spacial score (nSPS) is 10.6. The molecule has 1 aromatic rings. The fourth-order valence-corrected chi connectivity index (χ4v) is 1.38. The molecule has 0 unspecified atom stereocenters. The zero-order valence-electron chi connectivity index (χ0n) is 7.07. The Bertz CT molecular complexity index is 297. The summed E-state index contributed by atoms with van der Waals surface area (Å²) in [5, 5.41) is 7.91. The minimum Gasteiger partial charge on any atom is -0.299 e. The molecule has 0 aliphatic heterocycles. The van der Waals surface area contributed by atoms with Gasteiger partial charge in [0, 0.05) is 5.75 Å². The SMILES string of the molecule is CC(C)CSc1nncc(=O)[nH]1. The number of nitrogens with one attached hydrogen (secondary N) is 1. The lowest BCUT2D eigenvalue weighted by Crippen LogP contribution is -2.08. The minimum absolute atomic E-state index is 0.198. The van der Waals surface area contributed by atoms with Crippen LogP contribution in [-0.4, -0.2) is 20.9 Å². The van der Waals surface area contributed by atoms with Gasteiger partial charge in [-0.3, -0.25) is 9.78 Å². The predicted octanol–water partition coefficient (Wildman–Crippen LogP) is 0.913. The molecule has 0 aromatic carbocycles. The smallest absolute Gasteiger partial charge is 0.270 e. The summed E-state index contributed by atoms with van der Waals surface area (Å²) in [6.45, 7) is 4.23. The Morgan fingerprint density at radius 2 is 2.42 bits per heavy atom. The molecule has 0 atom stereocenters. The first-order valence-electron chi connectivity index (χ1n) is 3.73. The van der Waals surface area contributed by atoms with E-state index in [4.69, 9.17) is 0 Å². The van der Waals surface area contributed by atoms with Crippen molar-refractivity contribution < 1.29 is 0 Å². The van der Waals surface area contributed by atoms with E-state index in [1.54, 1.807) is 0 Å². The lowest BCUT2D eigenvalue weighted by molar-refractivity contribution is 0.743. The molecule has 0 saturated carbocycles. The molecule has 0 fully saturated rings. The first-order valence-corrected chi connectivity index (χ1v) is 4.72. The van der Waals surface area contributed by atoms with E-state index in [0.717, 1.165) is 5.75 Å². The van der Waals surface area contributed by atoms with Gasteiger partial charge in [0.1, 0.15) is 6.20 Å². The van der Waals surface area contributed by atoms with E-state index < -0.39 is 0 Å². The summed E-state index contributed by atoms with van der Waals surface area (Å²) in [6, 6.07) is 0. The second kappa shape index (κ2) is 4.25. The topological polar surface area (TPSA) is 58.6 Å². The summed E-state index contributed by atoms with van der Waals surface area (Å²) < 4.78 is 0. The molecule has 1 N–H and O–H groups in total. The minimum atomic E-state index is -0.198. The molecule has 66 valence electrons. The Balaban J connectivity index is 2.58. The average molecular weight is 185 g/mol. The summed E-state index contributed by atoms with van der Waals surface area (Å²) in [5.41, 5.74) is -0.198. The molecule has 0 saturated heterocycles. The molecule has 0 spiro atoms. The third-order valence-corrected chi connectivity index (χ3v) is 2.40. The maximum absolute atomic E-state index is 10.8. The predicted molar refractivity (Wildman–Crippen MR) is 48.2 cm³/mol. The van der Waals surface area contributed by atoms with E-state index >= 15 is 0 Å². The third kappa shape index (κ3) is 3.04. The van der Waals surface area contributed by atoms with Gasteiger partial charge in [0.25, 0.3) is 5.56 Å². The lowest BCUT2D eigenvalue weighted by Gasteiger charge is -2.01. The van der Waals surface area contributed by atoms with Crippen molar-refractivity contribution in [1.82, 2.24) is 15.2 Å². The van der Waals surface area contributed by atoms with E-state index in [0.29, 0.717) is 11.1 Å². The van der Waals surface area contributed by atoms with Gasteiger partial charge in [-0.1, -0.05) is 25.6 Å². The van der Waals surface area contributed by atoms with Gasteiger partial charge in [-0.15, -0.1) is 5.10 Å². The summed E-state index contributed by atoms with van der Waals surface area (Å²) in [4.78, 5) is 13.4. The van der Waals surface area contributed by atoms with Crippen molar-refractivity contribution in [3.63, 3.8) is 0 Å². The molecule has 1 aromatic heterocycles. The molecule has 0 radical (unpaired) electrons. The van der Waals surface area contributed by atoms with Crippen molar-refractivity contribution in [1.29, 1.82) is 0 Å². The summed E-state index contributed by atoms with van der Waals surface area (Å²) >= 11 is 1.51. The molecule has 5 heteroatoms. The van der Waals surface area contributed by atoms with Gasteiger partial charge in [-0.2, -0.15) is 5.10 Å². The molecular formula is C7H11N3OS. The number of rotatable bonds is 3. The molecular weight excluding hydrogens is 174 g/mol. The van der Waals surface area contributed by atoms with Gasteiger partial charge < -0.3 is 0 Å². The Hall–Kier alpha value is -0.840. The standard InChI is InChI=1S/C7H11N3OS/c1-5(2)4-12-7-9-6(11)3-8-10-7/h3,5H,4H2,1-2H3,(H,9,10,11). The largest absolute Gasteiger partial charge is 0.299 e. The molecule has 1 rings (SSSR count). The van der Waals surface area contributed by atoms with Crippen molar-refractivity contribution in [2.75, 3.05) is 5.75 Å². The number of aromatic amines is 1. The van der Waals surface area contributed by atoms with Crippen LogP contribution in [0.25, 0.3) is 0 Å². The Morgan fingerprint density at radius 3 is 3.00 bits per heavy atom. The first kappa shape index (κ1) is 9.25. The quantitative estimate of drug-likeness (QED) is 0.711. The summed E-state index contributed by atoms with van der Waals surface area (Å²) in [7, 11) is 0. The number of hydrogen-bond acceptors (Lipinski definition) is 4. The van der Waals surface area contributed by atoms with Crippen LogP contribution >= 0.6 is 11.8 Å². The Kier molecular flexibility index (Phi) is 3.28. The van der Waals surface area contributed by atoms with Gasteiger partial charge in [-0.05, 0) is 5.92 Å². The maximum Gasteiger partial charge on any atom is 0.270 e. The van der Waals surface area contributed by atoms with Crippen molar-refractivity contribution >= 4 is 11.8 Å². The Labute approximate surface area is 74.8 Å². The summed E-state index contributed by atoms with van der Waals surface area (Å²) in [6.07, 6.45) is 1.17. The van der Waals surface area contributed by atoms with Crippen LogP contribution in [0.3, 0.4) is 0 Å². The van der Waals surface area contributed by atoms with Gasteiger partial charge in [-0.25, -0.2) is 0 Å². The second-order valence-electron chi connectivity index (χ2n) is 2.84. The zero-order valence-corrected chi connectivity index (χ0v) is 7.89. The Morgan fingerprint density at radius 1 is 1.67 bits per heavy atom. The van der Waals surface area contributed by atoms with Gasteiger partial charge in [0.05, 0.1) is 0 Å². The number of aromatic nitrogens is 3. The van der Waals surface area contributed by atoms with E-state index in [1.807, 2.05) is 0 Å². The van der Waals surface area contributed by atoms with E-state index in [1.165, 1.54) is 18.0 Å². The molecule has 4 nitrogen and oxygen atoms in total. The van der Waals surface area contributed by atoms with Crippen molar-refractivity contribution in [3.05, 3.63) is 16.6 Å². The lowest BCUT2D eigenvalue weighted by atomic mass is 10.3. The molecule has 0 aliphatic carbocycles. The molecule has 1 heterocycles. The van der Waals surface area contributed by atoms with Crippen LogP contribution < -0.4 is 5.56 Å². The second-order valence-corrected chi connectivity index (χ2v) is 3.85. The van der Waals surface area contributed by atoms with Crippen molar-refractivity contribution in [3.8, 4) is 0 Å². The maximum atomic E-state index is 10.8. The van der Waals surface area contributed by atoms with Crippen LogP contribution in [0.2, 0.25) is 0 Å².